The molecule has 2 aromatic heterocycles. The predicted molar refractivity (Wildman–Crippen MR) is 141 cm³/mol. The normalized spacial score (nSPS) is 21.4. The summed E-state index contributed by atoms with van der Waals surface area (Å²) in [6, 6.07) is 8.18. The van der Waals surface area contributed by atoms with E-state index in [0.717, 1.165) is 32.4 Å². The number of hydrogen-bond donors (Lipinski definition) is 3. The van der Waals surface area contributed by atoms with Crippen LogP contribution in [0, 0.1) is 11.2 Å². The fraction of sp³-hybridized carbons (Fsp3) is 0.481. The van der Waals surface area contributed by atoms with Crippen LogP contribution in [0.4, 0.5) is 10.3 Å². The van der Waals surface area contributed by atoms with Crippen LogP contribution in [0.25, 0.3) is 22.6 Å². The van der Waals surface area contributed by atoms with Crippen molar-refractivity contribution >= 4 is 11.9 Å². The number of anilines is 1. The number of carbonyl (C=O) groups excluding carboxylic acids is 1. The van der Waals surface area contributed by atoms with Crippen molar-refractivity contribution in [1.82, 2.24) is 30.2 Å². The fourth-order valence-electron chi connectivity index (χ4n) is 4.17. The summed E-state index contributed by atoms with van der Waals surface area (Å²) in [5.74, 6) is 0.561. The van der Waals surface area contributed by atoms with E-state index in [1.165, 1.54) is 12.1 Å². The number of benzene rings is 1. The van der Waals surface area contributed by atoms with Crippen molar-refractivity contribution < 1.29 is 18.7 Å². The van der Waals surface area contributed by atoms with Crippen LogP contribution >= 0.6 is 0 Å². The zero-order valence-corrected chi connectivity index (χ0v) is 22.0. The Hall–Kier alpha value is -3.41. The van der Waals surface area contributed by atoms with Gasteiger partial charge < -0.3 is 30.0 Å². The topological polar surface area (TPSA) is 117 Å². The predicted octanol–water partition coefficient (Wildman–Crippen LogP) is 3.37. The summed E-state index contributed by atoms with van der Waals surface area (Å²) in [6.45, 7) is 3.93. The van der Waals surface area contributed by atoms with Crippen LogP contribution in [0.5, 0.6) is 0 Å². The van der Waals surface area contributed by atoms with Gasteiger partial charge in [-0.25, -0.2) is 19.3 Å². The van der Waals surface area contributed by atoms with E-state index in [2.05, 4.69) is 30.5 Å². The molecule has 0 atom stereocenters. The smallest absolute Gasteiger partial charge is 0.230 e. The molecule has 5 rings (SSSR count). The molecule has 202 valence electrons. The molecule has 10 nitrogen and oxygen atoms in total. The maximum absolute atomic E-state index is 13.7. The number of amides is 1. The molecule has 0 spiro atoms. The molecule has 1 aliphatic heterocycles. The fourth-order valence-corrected chi connectivity index (χ4v) is 4.17. The van der Waals surface area contributed by atoms with E-state index in [1.807, 2.05) is 21.0 Å². The number of carbonyl (C=O) groups is 1. The van der Waals surface area contributed by atoms with Gasteiger partial charge in [0.15, 0.2) is 5.82 Å². The molecule has 3 heterocycles. The second kappa shape index (κ2) is 11.1. The average molecular weight is 524 g/mol. The molecular formula is C27H34FN7O3. The molecule has 1 saturated heterocycles. The third-order valence-electron chi connectivity index (χ3n) is 6.61. The van der Waals surface area contributed by atoms with E-state index >= 15 is 0 Å². The minimum absolute atomic E-state index is 0.0582. The molecule has 2 fully saturated rings. The lowest BCUT2D eigenvalue weighted by Crippen LogP contribution is -2.49. The molecule has 0 unspecified atom stereocenters. The Kier molecular flexibility index (Phi) is 7.68. The van der Waals surface area contributed by atoms with Gasteiger partial charge in [0.2, 0.25) is 18.1 Å². The number of aromatic nitrogens is 4. The van der Waals surface area contributed by atoms with Gasteiger partial charge >= 0.3 is 0 Å². The Morgan fingerprint density at radius 2 is 1.89 bits per heavy atom. The number of hydrogen-bond acceptors (Lipinski definition) is 8. The third kappa shape index (κ3) is 6.17. The highest BCUT2D eigenvalue weighted by Gasteiger charge is 2.42. The minimum atomic E-state index is -0.782. The van der Waals surface area contributed by atoms with Gasteiger partial charge in [-0.2, -0.15) is 0 Å². The molecular weight excluding hydrogens is 489 g/mol. The number of H-pyrrole nitrogens is 1. The second-order valence-electron chi connectivity index (χ2n) is 10.5. The van der Waals surface area contributed by atoms with Gasteiger partial charge in [0.05, 0.1) is 35.7 Å². The van der Waals surface area contributed by atoms with Gasteiger partial charge in [-0.3, -0.25) is 4.79 Å². The first-order chi connectivity index (χ1) is 18.3. The summed E-state index contributed by atoms with van der Waals surface area (Å²) in [6.07, 6.45) is 3.88. The van der Waals surface area contributed by atoms with Crippen molar-refractivity contribution in [3.05, 3.63) is 48.2 Å². The first-order valence-corrected chi connectivity index (χ1v) is 12.9. The van der Waals surface area contributed by atoms with Gasteiger partial charge in [0.1, 0.15) is 5.82 Å². The van der Waals surface area contributed by atoms with E-state index in [1.54, 1.807) is 24.4 Å². The summed E-state index contributed by atoms with van der Waals surface area (Å²) in [4.78, 5) is 31.9. The Morgan fingerprint density at radius 3 is 2.58 bits per heavy atom. The van der Waals surface area contributed by atoms with Crippen LogP contribution in [0.15, 0.2) is 36.5 Å². The Labute approximate surface area is 221 Å². The largest absolute Gasteiger partial charge is 0.354 e. The average Bonchev–Trinajstić information content (AvgIpc) is 3.62. The minimum Gasteiger partial charge on any atom is -0.354 e. The van der Waals surface area contributed by atoms with Crippen molar-refractivity contribution in [3.8, 4) is 22.6 Å². The quantitative estimate of drug-likeness (QED) is 0.347. The van der Waals surface area contributed by atoms with E-state index in [9.17, 15) is 9.18 Å². The van der Waals surface area contributed by atoms with Gasteiger partial charge in [0, 0.05) is 24.3 Å². The molecule has 0 radical (unpaired) electrons. The Morgan fingerprint density at radius 1 is 1.16 bits per heavy atom. The van der Waals surface area contributed by atoms with Crippen LogP contribution in [0.1, 0.15) is 38.3 Å². The molecule has 3 aromatic rings. The lowest BCUT2D eigenvalue weighted by atomic mass is 9.91. The molecule has 11 heteroatoms. The zero-order valence-electron chi connectivity index (χ0n) is 22.0. The number of rotatable bonds is 10. The van der Waals surface area contributed by atoms with Crippen LogP contribution in [0.2, 0.25) is 0 Å². The van der Waals surface area contributed by atoms with E-state index < -0.39 is 11.7 Å². The first-order valence-electron chi connectivity index (χ1n) is 12.9. The number of nitrogens with one attached hydrogen (secondary N) is 3. The lowest BCUT2D eigenvalue weighted by Gasteiger charge is -2.35. The Balaban J connectivity index is 1.37. The molecule has 1 saturated carbocycles. The van der Waals surface area contributed by atoms with Gasteiger partial charge in [-0.05, 0) is 77.2 Å². The molecule has 2 aliphatic rings. The van der Waals surface area contributed by atoms with Gasteiger partial charge in [0.25, 0.3) is 0 Å². The maximum Gasteiger partial charge on any atom is 0.230 e. The standard InChI is InChI=1S/C27H34FN7O3/c1-27(25(36)31-19-9-10-19)15-37-24(38-16-27)23-33-21(17-5-7-18(28)8-6-17)22(34-23)20-11-13-30-26(32-20)29-12-4-14-35(2)3/h5-8,11,13,19,24H,4,9-10,12,14-16H2,1-3H3,(H,31,36)(H,33,34)(H,29,30,32). The molecule has 0 bridgehead atoms. The summed E-state index contributed by atoms with van der Waals surface area (Å²) in [7, 11) is 4.07. The lowest BCUT2D eigenvalue weighted by molar-refractivity contribution is -0.231. The number of imidazole rings is 1. The van der Waals surface area contributed by atoms with Crippen LogP contribution < -0.4 is 10.6 Å². The maximum atomic E-state index is 13.7. The van der Waals surface area contributed by atoms with Gasteiger partial charge in [-0.15, -0.1) is 0 Å². The van der Waals surface area contributed by atoms with Crippen molar-refractivity contribution in [1.29, 1.82) is 0 Å². The van der Waals surface area contributed by atoms with Crippen molar-refractivity contribution in [2.45, 2.75) is 38.5 Å². The first kappa shape index (κ1) is 26.2. The number of nitrogens with zero attached hydrogens (tertiary/aromatic N) is 4. The molecule has 1 aromatic carbocycles. The van der Waals surface area contributed by atoms with Crippen LogP contribution in [-0.4, -0.2) is 77.2 Å². The zero-order chi connectivity index (χ0) is 26.7. The SMILES string of the molecule is CN(C)CCCNc1nccc(-c2[nH]c(C3OCC(C)(C(=O)NC4CC4)CO3)nc2-c2ccc(F)cc2)n1. The number of ether oxygens (including phenoxy) is 2. The summed E-state index contributed by atoms with van der Waals surface area (Å²) in [5, 5.41) is 6.30. The molecule has 1 aliphatic carbocycles. The summed E-state index contributed by atoms with van der Waals surface area (Å²) < 4.78 is 25.6. The van der Waals surface area contributed by atoms with Crippen molar-refractivity contribution in [2.75, 3.05) is 45.7 Å². The van der Waals surface area contributed by atoms with Crippen molar-refractivity contribution in [3.63, 3.8) is 0 Å². The second-order valence-corrected chi connectivity index (χ2v) is 10.5. The highest BCUT2D eigenvalue weighted by Crippen LogP contribution is 2.36. The molecule has 1 amide bonds. The molecule has 38 heavy (non-hydrogen) atoms. The van der Waals surface area contributed by atoms with Gasteiger partial charge in [-0.1, -0.05) is 0 Å². The van der Waals surface area contributed by atoms with Crippen LogP contribution in [0.3, 0.4) is 0 Å². The summed E-state index contributed by atoms with van der Waals surface area (Å²) >= 11 is 0. The Bertz CT molecular complexity index is 1250. The molecule has 3 N–H and O–H groups in total. The number of halogens is 1. The highest BCUT2D eigenvalue weighted by molar-refractivity contribution is 5.83. The van der Waals surface area contributed by atoms with Crippen molar-refractivity contribution in [2.24, 2.45) is 5.41 Å². The van der Waals surface area contributed by atoms with E-state index in [0.29, 0.717) is 34.4 Å². The number of aromatic amines is 1. The monoisotopic (exact) mass is 523 g/mol. The van der Waals surface area contributed by atoms with E-state index in [-0.39, 0.29) is 31.0 Å². The third-order valence-corrected chi connectivity index (χ3v) is 6.61. The highest BCUT2D eigenvalue weighted by atomic mass is 19.1. The van der Waals surface area contributed by atoms with Crippen LogP contribution in [-0.2, 0) is 14.3 Å². The summed E-state index contributed by atoms with van der Waals surface area (Å²) in [5.41, 5.74) is 1.79. The van der Waals surface area contributed by atoms with E-state index in [4.69, 9.17) is 14.5 Å².